The molecule has 0 bridgehead atoms. The first-order chi connectivity index (χ1) is 15.7. The number of nitrogens with one attached hydrogen (secondary N) is 1. The van der Waals surface area contributed by atoms with Crippen LogP contribution in [0.3, 0.4) is 0 Å². The molecule has 2 heterocycles. The molecule has 0 aliphatic carbocycles. The first-order valence-electron chi connectivity index (χ1n) is 10.5. The lowest BCUT2D eigenvalue weighted by atomic mass is 10.1. The maximum Gasteiger partial charge on any atom is 0.251 e. The number of carbonyl (C=O) groups is 1. The number of pyridine rings is 1. The summed E-state index contributed by atoms with van der Waals surface area (Å²) in [5.74, 6) is 0.692. The number of thioether (sulfide) groups is 1. The normalized spacial score (nSPS) is 10.7. The summed E-state index contributed by atoms with van der Waals surface area (Å²) in [5.41, 5.74) is 5.91. The molecular formula is C26H24N4OS. The lowest BCUT2D eigenvalue weighted by molar-refractivity contribution is 0.0954. The second-order valence-corrected chi connectivity index (χ2v) is 8.43. The van der Waals surface area contributed by atoms with E-state index in [0.717, 1.165) is 33.3 Å². The average Bonchev–Trinajstić information content (AvgIpc) is 2.84. The van der Waals surface area contributed by atoms with E-state index in [-0.39, 0.29) is 5.91 Å². The van der Waals surface area contributed by atoms with Crippen molar-refractivity contribution in [1.29, 1.82) is 0 Å². The van der Waals surface area contributed by atoms with E-state index < -0.39 is 0 Å². The number of rotatable bonds is 8. The van der Waals surface area contributed by atoms with Crippen LogP contribution >= 0.6 is 11.8 Å². The van der Waals surface area contributed by atoms with E-state index in [9.17, 15) is 4.79 Å². The van der Waals surface area contributed by atoms with Crippen LogP contribution in [0.1, 0.15) is 27.2 Å². The van der Waals surface area contributed by atoms with Gasteiger partial charge in [-0.05, 0) is 48.9 Å². The third-order valence-electron chi connectivity index (χ3n) is 4.98. The van der Waals surface area contributed by atoms with Gasteiger partial charge in [0.1, 0.15) is 5.03 Å². The second kappa shape index (κ2) is 10.7. The molecular weight excluding hydrogens is 416 g/mol. The Labute approximate surface area is 192 Å². The molecule has 0 saturated carbocycles. The predicted molar refractivity (Wildman–Crippen MR) is 128 cm³/mol. The summed E-state index contributed by atoms with van der Waals surface area (Å²) in [4.78, 5) is 16.6. The fourth-order valence-electron chi connectivity index (χ4n) is 3.14. The third-order valence-corrected chi connectivity index (χ3v) is 5.97. The van der Waals surface area contributed by atoms with Crippen LogP contribution in [-0.2, 0) is 12.2 Å². The van der Waals surface area contributed by atoms with Crippen molar-refractivity contribution in [1.82, 2.24) is 20.5 Å². The lowest BCUT2D eigenvalue weighted by Gasteiger charge is -2.07. The van der Waals surface area contributed by atoms with Crippen molar-refractivity contribution in [2.45, 2.75) is 24.1 Å². The van der Waals surface area contributed by atoms with Crippen molar-refractivity contribution < 1.29 is 4.79 Å². The summed E-state index contributed by atoms with van der Waals surface area (Å²) in [7, 11) is 0. The van der Waals surface area contributed by atoms with Crippen LogP contribution in [-0.4, -0.2) is 27.6 Å². The molecule has 0 saturated heterocycles. The van der Waals surface area contributed by atoms with Crippen LogP contribution < -0.4 is 5.32 Å². The van der Waals surface area contributed by atoms with Gasteiger partial charge in [0, 0.05) is 41.7 Å². The highest BCUT2D eigenvalue weighted by Gasteiger charge is 2.06. The second-order valence-electron chi connectivity index (χ2n) is 7.44. The summed E-state index contributed by atoms with van der Waals surface area (Å²) in [5, 5.41) is 12.5. The SMILES string of the molecule is Cc1ccc(-c2ccc(SCc3ccc(C(=O)NCCc4ccccn4)cc3)nn2)cc1. The summed E-state index contributed by atoms with van der Waals surface area (Å²) < 4.78 is 0. The van der Waals surface area contributed by atoms with E-state index >= 15 is 0 Å². The van der Waals surface area contributed by atoms with Crippen LogP contribution in [0.2, 0.25) is 0 Å². The van der Waals surface area contributed by atoms with E-state index in [0.29, 0.717) is 18.5 Å². The smallest absolute Gasteiger partial charge is 0.251 e. The van der Waals surface area contributed by atoms with Gasteiger partial charge < -0.3 is 5.32 Å². The molecule has 0 radical (unpaired) electrons. The minimum atomic E-state index is -0.0716. The number of aromatic nitrogens is 3. The van der Waals surface area contributed by atoms with E-state index in [1.807, 2.05) is 54.6 Å². The number of carbonyl (C=O) groups excluding carboxylic acids is 1. The molecule has 0 aliphatic heterocycles. The Hall–Kier alpha value is -3.51. The number of nitrogens with zero attached hydrogens (tertiary/aromatic N) is 3. The zero-order valence-corrected chi connectivity index (χ0v) is 18.7. The number of hydrogen-bond donors (Lipinski definition) is 1. The van der Waals surface area contributed by atoms with Gasteiger partial charge in [0.25, 0.3) is 5.91 Å². The van der Waals surface area contributed by atoms with Gasteiger partial charge in [-0.15, -0.1) is 10.2 Å². The summed E-state index contributed by atoms with van der Waals surface area (Å²) in [6, 6.07) is 25.7. The highest BCUT2D eigenvalue weighted by atomic mass is 32.2. The largest absolute Gasteiger partial charge is 0.352 e. The highest BCUT2D eigenvalue weighted by Crippen LogP contribution is 2.23. The molecule has 0 spiro atoms. The summed E-state index contributed by atoms with van der Waals surface area (Å²) in [6.07, 6.45) is 2.48. The lowest BCUT2D eigenvalue weighted by Crippen LogP contribution is -2.25. The number of benzene rings is 2. The number of hydrogen-bond acceptors (Lipinski definition) is 5. The molecule has 2 aromatic heterocycles. The van der Waals surface area contributed by atoms with Gasteiger partial charge in [-0.2, -0.15) is 0 Å². The molecule has 4 aromatic rings. The Morgan fingerprint density at radius 2 is 1.72 bits per heavy atom. The van der Waals surface area contributed by atoms with Gasteiger partial charge in [0.2, 0.25) is 0 Å². The molecule has 160 valence electrons. The molecule has 0 unspecified atom stereocenters. The first-order valence-corrected chi connectivity index (χ1v) is 11.5. The standard InChI is InChI=1S/C26H24N4OS/c1-19-5-9-21(10-6-19)24-13-14-25(30-29-24)32-18-20-7-11-22(12-8-20)26(31)28-17-15-23-4-2-3-16-27-23/h2-14,16H,15,17-18H2,1H3,(H,28,31). The topological polar surface area (TPSA) is 67.8 Å². The Balaban J connectivity index is 1.26. The van der Waals surface area contributed by atoms with Crippen LogP contribution in [0.25, 0.3) is 11.3 Å². The van der Waals surface area contributed by atoms with Crippen molar-refractivity contribution in [3.05, 3.63) is 107 Å². The maximum absolute atomic E-state index is 12.3. The third kappa shape index (κ3) is 6.02. The fourth-order valence-corrected chi connectivity index (χ4v) is 3.91. The number of aryl methyl sites for hydroxylation is 1. The van der Waals surface area contributed by atoms with E-state index in [1.54, 1.807) is 18.0 Å². The van der Waals surface area contributed by atoms with Crippen LogP contribution in [0.4, 0.5) is 0 Å². The van der Waals surface area contributed by atoms with Crippen molar-refractivity contribution in [3.8, 4) is 11.3 Å². The zero-order valence-electron chi connectivity index (χ0n) is 17.9. The van der Waals surface area contributed by atoms with Gasteiger partial charge in [0.05, 0.1) is 5.69 Å². The molecule has 1 amide bonds. The Kier molecular flexibility index (Phi) is 7.25. The quantitative estimate of drug-likeness (QED) is 0.386. The van der Waals surface area contributed by atoms with Gasteiger partial charge in [-0.1, -0.05) is 59.8 Å². The maximum atomic E-state index is 12.3. The molecule has 0 atom stereocenters. The van der Waals surface area contributed by atoms with Gasteiger partial charge in [-0.25, -0.2) is 0 Å². The molecule has 1 N–H and O–H groups in total. The first kappa shape index (κ1) is 21.7. The van der Waals surface area contributed by atoms with E-state index in [4.69, 9.17) is 0 Å². The molecule has 0 fully saturated rings. The average molecular weight is 441 g/mol. The van der Waals surface area contributed by atoms with Crippen LogP contribution in [0, 0.1) is 6.92 Å². The van der Waals surface area contributed by atoms with Crippen LogP contribution in [0.5, 0.6) is 0 Å². The number of amides is 1. The Morgan fingerprint density at radius 3 is 2.41 bits per heavy atom. The van der Waals surface area contributed by atoms with E-state index in [1.165, 1.54) is 5.56 Å². The monoisotopic (exact) mass is 440 g/mol. The summed E-state index contributed by atoms with van der Waals surface area (Å²) in [6.45, 7) is 2.63. The Morgan fingerprint density at radius 1 is 0.906 bits per heavy atom. The van der Waals surface area contributed by atoms with Gasteiger partial charge >= 0.3 is 0 Å². The van der Waals surface area contributed by atoms with Crippen molar-refractivity contribution in [3.63, 3.8) is 0 Å². The van der Waals surface area contributed by atoms with Gasteiger partial charge in [0.15, 0.2) is 0 Å². The van der Waals surface area contributed by atoms with Gasteiger partial charge in [-0.3, -0.25) is 9.78 Å². The molecule has 2 aromatic carbocycles. The minimum Gasteiger partial charge on any atom is -0.352 e. The minimum absolute atomic E-state index is 0.0716. The molecule has 4 rings (SSSR count). The molecule has 6 heteroatoms. The van der Waals surface area contributed by atoms with Crippen molar-refractivity contribution in [2.24, 2.45) is 0 Å². The molecule has 5 nitrogen and oxygen atoms in total. The van der Waals surface area contributed by atoms with E-state index in [2.05, 4.69) is 51.7 Å². The fraction of sp³-hybridized carbons (Fsp3) is 0.154. The van der Waals surface area contributed by atoms with Crippen molar-refractivity contribution >= 4 is 17.7 Å². The Bertz CT molecular complexity index is 1150. The highest BCUT2D eigenvalue weighted by molar-refractivity contribution is 7.98. The van der Waals surface area contributed by atoms with Crippen molar-refractivity contribution in [2.75, 3.05) is 6.54 Å². The summed E-state index contributed by atoms with van der Waals surface area (Å²) >= 11 is 1.62. The predicted octanol–water partition coefficient (Wildman–Crippen LogP) is 5.11. The van der Waals surface area contributed by atoms with Crippen LogP contribution in [0.15, 0.2) is 90.1 Å². The molecule has 0 aliphatic rings. The molecule has 32 heavy (non-hydrogen) atoms. The zero-order chi connectivity index (χ0) is 22.2.